The number of H-pyrrole nitrogens is 1. The van der Waals surface area contributed by atoms with E-state index in [1.54, 1.807) is 11.3 Å². The van der Waals surface area contributed by atoms with Crippen molar-refractivity contribution in [3.8, 4) is 21.6 Å². The lowest BCUT2D eigenvalue weighted by atomic mass is 10.0. The Balaban J connectivity index is 1.22. The Morgan fingerprint density at radius 3 is 2.61 bits per heavy atom. The molecule has 0 saturated heterocycles. The number of aromatic nitrogens is 1. The smallest absolute Gasteiger partial charge is 0.147 e. The van der Waals surface area contributed by atoms with Gasteiger partial charge in [0.1, 0.15) is 18.3 Å². The highest BCUT2D eigenvalue weighted by Crippen LogP contribution is 2.37. The Hall–Kier alpha value is -3.90. The van der Waals surface area contributed by atoms with Crippen LogP contribution in [0.15, 0.2) is 77.8 Å². The van der Waals surface area contributed by atoms with Gasteiger partial charge in [-0.1, -0.05) is 54.6 Å². The summed E-state index contributed by atoms with van der Waals surface area (Å²) in [4.78, 5) is 10.3. The normalized spacial score (nSPS) is 12.8. The van der Waals surface area contributed by atoms with E-state index in [2.05, 4.69) is 70.2 Å². The fourth-order valence-electron chi connectivity index (χ4n) is 5.00. The van der Waals surface area contributed by atoms with E-state index in [1.165, 1.54) is 27.6 Å². The second kappa shape index (κ2) is 9.28. The van der Waals surface area contributed by atoms with E-state index < -0.39 is 0 Å². The van der Waals surface area contributed by atoms with Gasteiger partial charge in [0.05, 0.1) is 16.1 Å². The number of rotatable bonds is 5. The topological polar surface area (TPSA) is 52.2 Å². The first-order valence-corrected chi connectivity index (χ1v) is 13.0. The van der Waals surface area contributed by atoms with Gasteiger partial charge in [0.25, 0.3) is 0 Å². The maximum atomic E-state index is 14.3. The second-order valence-corrected chi connectivity index (χ2v) is 10.2. The van der Waals surface area contributed by atoms with Crippen LogP contribution in [-0.4, -0.2) is 24.0 Å². The van der Waals surface area contributed by atoms with Gasteiger partial charge >= 0.3 is 0 Å². The molecule has 1 aliphatic heterocycles. The standard InChI is InChI=1S/C30H27FN4S/c1-18-11-12-24(31)28-27(18)23(19(2)35-28)13-14-32-30-29-25(33-17-34-30)16-26(36-29)22-10-6-9-21(15-22)20-7-4-3-5-8-20/h3-12,15-16,33,35H,13-14,17H2,1-2H3,(H,32,34). The molecule has 36 heavy (non-hydrogen) atoms. The van der Waals surface area contributed by atoms with Crippen LogP contribution in [0.4, 0.5) is 10.1 Å². The van der Waals surface area contributed by atoms with Crippen molar-refractivity contribution < 1.29 is 4.39 Å². The molecule has 5 aromatic rings. The summed E-state index contributed by atoms with van der Waals surface area (Å²) in [6, 6.07) is 24.7. The monoisotopic (exact) mass is 494 g/mol. The highest BCUT2D eigenvalue weighted by atomic mass is 32.1. The molecule has 3 aromatic carbocycles. The summed E-state index contributed by atoms with van der Waals surface area (Å²) < 4.78 is 14.3. The first-order chi connectivity index (χ1) is 17.6. The average Bonchev–Trinajstić information content (AvgIpc) is 3.50. The molecule has 3 N–H and O–H groups in total. The van der Waals surface area contributed by atoms with E-state index in [-0.39, 0.29) is 5.82 Å². The van der Waals surface area contributed by atoms with Gasteiger partial charge in [0.2, 0.25) is 0 Å². The van der Waals surface area contributed by atoms with Gasteiger partial charge in [-0.05, 0) is 66.3 Å². The largest absolute Gasteiger partial charge is 0.369 e. The predicted molar refractivity (Wildman–Crippen MR) is 150 cm³/mol. The third kappa shape index (κ3) is 4.07. The number of fused-ring (bicyclic) bond motifs is 2. The van der Waals surface area contributed by atoms with Gasteiger partial charge in [-0.3, -0.25) is 0 Å². The number of benzene rings is 3. The number of aromatic amines is 1. The maximum absolute atomic E-state index is 14.3. The second-order valence-electron chi connectivity index (χ2n) is 9.16. The third-order valence-corrected chi connectivity index (χ3v) is 8.00. The van der Waals surface area contributed by atoms with Crippen LogP contribution in [0.3, 0.4) is 0 Å². The van der Waals surface area contributed by atoms with Gasteiger partial charge in [-0.15, -0.1) is 11.3 Å². The van der Waals surface area contributed by atoms with Gasteiger partial charge in [0.15, 0.2) is 0 Å². The molecule has 180 valence electrons. The zero-order valence-electron chi connectivity index (χ0n) is 20.3. The molecule has 6 heteroatoms. The number of halogens is 1. The number of anilines is 1. The van der Waals surface area contributed by atoms with Crippen molar-refractivity contribution in [1.82, 2.24) is 10.3 Å². The molecular weight excluding hydrogens is 467 g/mol. The van der Waals surface area contributed by atoms with Crippen LogP contribution in [0.5, 0.6) is 0 Å². The molecule has 0 fully saturated rings. The summed E-state index contributed by atoms with van der Waals surface area (Å²) in [5, 5.41) is 7.97. The minimum Gasteiger partial charge on any atom is -0.369 e. The van der Waals surface area contributed by atoms with Crippen molar-refractivity contribution in [2.75, 3.05) is 18.5 Å². The van der Waals surface area contributed by atoms with Gasteiger partial charge in [-0.25, -0.2) is 9.38 Å². The minimum absolute atomic E-state index is 0.201. The Morgan fingerprint density at radius 1 is 0.944 bits per heavy atom. The first-order valence-electron chi connectivity index (χ1n) is 12.2. The number of aliphatic imine (C=N–C) groups is 1. The van der Waals surface area contributed by atoms with Crippen LogP contribution >= 0.6 is 11.3 Å². The number of thiophene rings is 1. The lowest BCUT2D eigenvalue weighted by Gasteiger charge is -2.16. The first kappa shape index (κ1) is 22.6. The molecule has 0 unspecified atom stereocenters. The Kier molecular flexibility index (Phi) is 5.82. The summed E-state index contributed by atoms with van der Waals surface area (Å²) in [5.41, 5.74) is 8.60. The molecule has 6 rings (SSSR count). The number of amidine groups is 1. The SMILES string of the molecule is Cc1[nH]c2c(F)ccc(C)c2c1CCNC1=NCNc2cc(-c3cccc(-c4ccccc4)c3)sc21. The van der Waals surface area contributed by atoms with Crippen LogP contribution in [0.25, 0.3) is 32.5 Å². The zero-order valence-corrected chi connectivity index (χ0v) is 21.1. The summed E-state index contributed by atoms with van der Waals surface area (Å²) in [5.74, 6) is 0.715. The van der Waals surface area contributed by atoms with Crippen molar-refractivity contribution in [1.29, 1.82) is 0 Å². The molecule has 0 amide bonds. The lowest BCUT2D eigenvalue weighted by Crippen LogP contribution is -2.29. The fraction of sp³-hybridized carbons (Fsp3) is 0.167. The summed E-state index contributed by atoms with van der Waals surface area (Å²) >= 11 is 1.75. The molecule has 2 aromatic heterocycles. The summed E-state index contributed by atoms with van der Waals surface area (Å²) in [6.07, 6.45) is 0.787. The van der Waals surface area contributed by atoms with Crippen LogP contribution in [-0.2, 0) is 6.42 Å². The molecular formula is C30H27FN4S. The minimum atomic E-state index is -0.201. The number of nitrogens with zero attached hydrogens (tertiary/aromatic N) is 1. The molecule has 0 spiro atoms. The van der Waals surface area contributed by atoms with E-state index in [9.17, 15) is 4.39 Å². The Morgan fingerprint density at radius 2 is 1.75 bits per heavy atom. The molecule has 0 atom stereocenters. The van der Waals surface area contributed by atoms with Crippen molar-refractivity contribution in [2.24, 2.45) is 4.99 Å². The number of nitrogens with one attached hydrogen (secondary N) is 3. The molecule has 1 aliphatic rings. The highest BCUT2D eigenvalue weighted by molar-refractivity contribution is 7.18. The molecule has 4 nitrogen and oxygen atoms in total. The quantitative estimate of drug-likeness (QED) is 0.240. The number of hydrogen-bond acceptors (Lipinski definition) is 4. The summed E-state index contributed by atoms with van der Waals surface area (Å²) in [7, 11) is 0. The zero-order chi connectivity index (χ0) is 24.6. The molecule has 0 radical (unpaired) electrons. The fourth-order valence-corrected chi connectivity index (χ4v) is 6.11. The van der Waals surface area contributed by atoms with Gasteiger partial charge in [0, 0.05) is 22.5 Å². The van der Waals surface area contributed by atoms with Crippen LogP contribution < -0.4 is 10.6 Å². The van der Waals surface area contributed by atoms with Crippen LogP contribution in [0.1, 0.15) is 21.7 Å². The lowest BCUT2D eigenvalue weighted by molar-refractivity contribution is 0.637. The van der Waals surface area contributed by atoms with E-state index in [1.807, 2.05) is 26.0 Å². The van der Waals surface area contributed by atoms with Crippen molar-refractivity contribution in [2.45, 2.75) is 20.3 Å². The van der Waals surface area contributed by atoms with E-state index in [0.29, 0.717) is 12.2 Å². The third-order valence-electron chi connectivity index (χ3n) is 6.81. The van der Waals surface area contributed by atoms with Crippen LogP contribution in [0.2, 0.25) is 0 Å². The van der Waals surface area contributed by atoms with E-state index >= 15 is 0 Å². The average molecular weight is 495 g/mol. The van der Waals surface area contributed by atoms with E-state index in [0.717, 1.165) is 51.6 Å². The molecule has 0 saturated carbocycles. The maximum Gasteiger partial charge on any atom is 0.147 e. The van der Waals surface area contributed by atoms with Crippen molar-refractivity contribution >= 4 is 33.8 Å². The van der Waals surface area contributed by atoms with Gasteiger partial charge < -0.3 is 15.6 Å². The van der Waals surface area contributed by atoms with Crippen molar-refractivity contribution in [3.05, 3.63) is 100 Å². The number of hydrogen-bond donors (Lipinski definition) is 3. The van der Waals surface area contributed by atoms with Crippen molar-refractivity contribution in [3.63, 3.8) is 0 Å². The molecule has 0 aliphatic carbocycles. The molecule has 3 heterocycles. The summed E-state index contributed by atoms with van der Waals surface area (Å²) in [6.45, 7) is 5.32. The Bertz CT molecular complexity index is 1600. The molecule has 0 bridgehead atoms. The number of aryl methyl sites for hydroxylation is 2. The predicted octanol–water partition coefficient (Wildman–Crippen LogP) is 7.28. The van der Waals surface area contributed by atoms with E-state index in [4.69, 9.17) is 4.99 Å². The van der Waals surface area contributed by atoms with Gasteiger partial charge in [-0.2, -0.15) is 0 Å². The van der Waals surface area contributed by atoms with Crippen LogP contribution in [0, 0.1) is 19.7 Å². The Labute approximate surface area is 213 Å². The highest BCUT2D eigenvalue weighted by Gasteiger charge is 2.20.